The van der Waals surface area contributed by atoms with E-state index in [2.05, 4.69) is 53.2 Å². The largest absolute Gasteiger partial charge is 0.322 e. The van der Waals surface area contributed by atoms with E-state index in [0.29, 0.717) is 12.2 Å². The van der Waals surface area contributed by atoms with Gasteiger partial charge in [0.2, 0.25) is 0 Å². The van der Waals surface area contributed by atoms with Crippen LogP contribution in [-0.2, 0) is 13.0 Å². The Bertz CT molecular complexity index is 1320. The average molecular weight is 460 g/mol. The zero-order valence-corrected chi connectivity index (χ0v) is 18.9. The van der Waals surface area contributed by atoms with Gasteiger partial charge in [-0.15, -0.1) is 0 Å². The number of halogens is 2. The standard InChI is InChI=1S/C27H23ClFN3O/c1-2-18-9-11-19(12-10-18)26-25-8-5-15-31(25)24-7-4-3-6-20(24)17-32(26)27(33)30-21-13-14-23(29)22(28)16-21/h3-16,26H,2,17H2,1H3,(H,30,33). The predicted octanol–water partition coefficient (Wildman–Crippen LogP) is 6.97. The van der Waals surface area contributed by atoms with E-state index >= 15 is 0 Å². The zero-order chi connectivity index (χ0) is 22.9. The highest BCUT2D eigenvalue weighted by atomic mass is 35.5. The summed E-state index contributed by atoms with van der Waals surface area (Å²) in [6.07, 6.45) is 2.98. The zero-order valence-electron chi connectivity index (χ0n) is 18.1. The van der Waals surface area contributed by atoms with Crippen molar-refractivity contribution in [2.45, 2.75) is 25.9 Å². The molecule has 1 N–H and O–H groups in total. The SMILES string of the molecule is CCc1ccc(C2c3cccn3-c3ccccc3CN2C(=O)Nc2ccc(F)c(Cl)c2)cc1. The van der Waals surface area contributed by atoms with Crippen molar-refractivity contribution in [3.63, 3.8) is 0 Å². The third-order valence-electron chi connectivity index (χ3n) is 6.10. The Balaban J connectivity index is 1.61. The van der Waals surface area contributed by atoms with E-state index in [1.807, 2.05) is 35.4 Å². The second-order valence-electron chi connectivity index (χ2n) is 8.12. The summed E-state index contributed by atoms with van der Waals surface area (Å²) in [4.78, 5) is 15.4. The molecular formula is C27H23ClFN3O. The number of para-hydroxylation sites is 1. The highest BCUT2D eigenvalue weighted by Gasteiger charge is 2.33. The van der Waals surface area contributed by atoms with Crippen molar-refractivity contribution in [1.29, 1.82) is 0 Å². The van der Waals surface area contributed by atoms with Crippen molar-refractivity contribution in [2.75, 3.05) is 5.32 Å². The van der Waals surface area contributed by atoms with Crippen LogP contribution < -0.4 is 5.32 Å². The molecule has 166 valence electrons. The molecule has 5 rings (SSSR count). The summed E-state index contributed by atoms with van der Waals surface area (Å²) in [7, 11) is 0. The molecule has 3 aromatic carbocycles. The Morgan fingerprint density at radius 1 is 1.06 bits per heavy atom. The Labute approximate surface area is 197 Å². The highest BCUT2D eigenvalue weighted by Crippen LogP contribution is 2.37. The molecule has 1 aliphatic heterocycles. The average Bonchev–Trinajstić information content (AvgIpc) is 3.26. The molecule has 6 heteroatoms. The number of carbonyl (C=O) groups excluding carboxylic acids is 1. The molecule has 0 saturated heterocycles. The normalized spacial score (nSPS) is 14.9. The van der Waals surface area contributed by atoms with Crippen LogP contribution >= 0.6 is 11.6 Å². The van der Waals surface area contributed by atoms with Crippen LogP contribution in [0.1, 0.15) is 35.3 Å². The molecule has 0 saturated carbocycles. The van der Waals surface area contributed by atoms with E-state index in [1.54, 1.807) is 0 Å². The molecule has 0 spiro atoms. The van der Waals surface area contributed by atoms with Crippen molar-refractivity contribution in [3.05, 3.63) is 118 Å². The molecule has 1 aliphatic rings. The van der Waals surface area contributed by atoms with E-state index in [9.17, 15) is 9.18 Å². The smallest absolute Gasteiger partial charge is 0.318 e. The summed E-state index contributed by atoms with van der Waals surface area (Å²) in [5.41, 5.74) is 5.79. The van der Waals surface area contributed by atoms with Crippen LogP contribution in [0.4, 0.5) is 14.9 Å². The van der Waals surface area contributed by atoms with Crippen LogP contribution in [-0.4, -0.2) is 15.5 Å². The minimum atomic E-state index is -0.523. The number of benzene rings is 3. The van der Waals surface area contributed by atoms with E-state index < -0.39 is 5.82 Å². The van der Waals surface area contributed by atoms with E-state index in [1.165, 1.54) is 23.8 Å². The van der Waals surface area contributed by atoms with Crippen LogP contribution in [0.5, 0.6) is 0 Å². The Morgan fingerprint density at radius 3 is 2.61 bits per heavy atom. The molecule has 0 radical (unpaired) electrons. The van der Waals surface area contributed by atoms with Crippen LogP contribution in [0, 0.1) is 5.82 Å². The number of nitrogens with zero attached hydrogens (tertiary/aromatic N) is 2. The third kappa shape index (κ3) is 4.00. The first-order chi connectivity index (χ1) is 16.0. The van der Waals surface area contributed by atoms with Gasteiger partial charge >= 0.3 is 6.03 Å². The molecule has 2 amide bonds. The van der Waals surface area contributed by atoms with Crippen molar-refractivity contribution >= 4 is 23.3 Å². The van der Waals surface area contributed by atoms with Crippen molar-refractivity contribution < 1.29 is 9.18 Å². The number of aromatic nitrogens is 1. The Morgan fingerprint density at radius 2 is 1.85 bits per heavy atom. The number of rotatable bonds is 3. The van der Waals surface area contributed by atoms with Crippen LogP contribution in [0.2, 0.25) is 5.02 Å². The van der Waals surface area contributed by atoms with Gasteiger partial charge in [-0.3, -0.25) is 0 Å². The molecule has 0 bridgehead atoms. The first kappa shape index (κ1) is 21.3. The number of aryl methyl sites for hydroxylation is 1. The number of hydrogen-bond donors (Lipinski definition) is 1. The lowest BCUT2D eigenvalue weighted by Crippen LogP contribution is -2.37. The number of carbonyl (C=O) groups is 1. The molecule has 0 aliphatic carbocycles. The third-order valence-corrected chi connectivity index (χ3v) is 6.39. The lowest BCUT2D eigenvalue weighted by atomic mass is 10.00. The van der Waals surface area contributed by atoms with E-state index in [-0.39, 0.29) is 17.1 Å². The molecule has 2 heterocycles. The Kier molecular flexibility index (Phi) is 5.65. The molecule has 1 unspecified atom stereocenters. The van der Waals surface area contributed by atoms with Gasteiger partial charge in [-0.1, -0.05) is 61.0 Å². The fourth-order valence-corrected chi connectivity index (χ4v) is 4.58. The molecule has 1 aromatic heterocycles. The second kappa shape index (κ2) is 8.75. The predicted molar refractivity (Wildman–Crippen MR) is 129 cm³/mol. The minimum absolute atomic E-state index is 0.0328. The van der Waals surface area contributed by atoms with Gasteiger partial charge in [0, 0.05) is 17.6 Å². The monoisotopic (exact) mass is 459 g/mol. The number of hydrogen-bond acceptors (Lipinski definition) is 1. The summed E-state index contributed by atoms with van der Waals surface area (Å²) in [6, 6.07) is 24.1. The number of anilines is 1. The maximum atomic E-state index is 13.6. The van der Waals surface area contributed by atoms with Crippen molar-refractivity contribution in [3.8, 4) is 5.69 Å². The second-order valence-corrected chi connectivity index (χ2v) is 8.52. The summed E-state index contributed by atoms with van der Waals surface area (Å²) in [5.74, 6) is -0.523. The van der Waals surface area contributed by atoms with Gasteiger partial charge in [0.15, 0.2) is 0 Å². The van der Waals surface area contributed by atoms with Crippen LogP contribution in [0.25, 0.3) is 5.69 Å². The summed E-state index contributed by atoms with van der Waals surface area (Å²) >= 11 is 5.94. The summed E-state index contributed by atoms with van der Waals surface area (Å²) < 4.78 is 15.8. The van der Waals surface area contributed by atoms with Gasteiger partial charge in [-0.25, -0.2) is 9.18 Å². The lowest BCUT2D eigenvalue weighted by molar-refractivity contribution is 0.194. The fraction of sp³-hybridized carbons (Fsp3) is 0.148. The maximum absolute atomic E-state index is 13.6. The topological polar surface area (TPSA) is 37.3 Å². The summed E-state index contributed by atoms with van der Waals surface area (Å²) in [5, 5.41) is 2.88. The first-order valence-corrected chi connectivity index (χ1v) is 11.3. The number of nitrogens with one attached hydrogen (secondary N) is 1. The van der Waals surface area contributed by atoms with Crippen molar-refractivity contribution in [1.82, 2.24) is 9.47 Å². The van der Waals surface area contributed by atoms with Gasteiger partial charge in [-0.05, 0) is 59.5 Å². The molecule has 33 heavy (non-hydrogen) atoms. The van der Waals surface area contributed by atoms with Gasteiger partial charge in [0.1, 0.15) is 5.82 Å². The molecule has 1 atom stereocenters. The number of urea groups is 1. The molecular weight excluding hydrogens is 437 g/mol. The van der Waals surface area contributed by atoms with Crippen LogP contribution in [0.15, 0.2) is 85.1 Å². The molecule has 4 aromatic rings. The number of fused-ring (bicyclic) bond motifs is 3. The number of amides is 2. The van der Waals surface area contributed by atoms with Crippen molar-refractivity contribution in [2.24, 2.45) is 0 Å². The van der Waals surface area contributed by atoms with E-state index in [4.69, 9.17) is 11.6 Å². The van der Waals surface area contributed by atoms with Gasteiger partial charge < -0.3 is 14.8 Å². The Hall–Kier alpha value is -3.57. The van der Waals surface area contributed by atoms with Gasteiger partial charge in [-0.2, -0.15) is 0 Å². The lowest BCUT2D eigenvalue weighted by Gasteiger charge is -2.31. The molecule has 4 nitrogen and oxygen atoms in total. The van der Waals surface area contributed by atoms with Gasteiger partial charge in [0.25, 0.3) is 0 Å². The fourth-order valence-electron chi connectivity index (χ4n) is 4.39. The molecule has 0 fully saturated rings. The van der Waals surface area contributed by atoms with Crippen LogP contribution in [0.3, 0.4) is 0 Å². The van der Waals surface area contributed by atoms with Gasteiger partial charge in [0.05, 0.1) is 23.3 Å². The quantitative estimate of drug-likeness (QED) is 0.353. The highest BCUT2D eigenvalue weighted by molar-refractivity contribution is 6.31. The maximum Gasteiger partial charge on any atom is 0.322 e. The van der Waals surface area contributed by atoms with E-state index in [0.717, 1.165) is 28.9 Å². The minimum Gasteiger partial charge on any atom is -0.318 e. The summed E-state index contributed by atoms with van der Waals surface area (Å²) in [6.45, 7) is 2.54. The first-order valence-electron chi connectivity index (χ1n) is 10.9.